The molecule has 1 atom stereocenters. The van der Waals surface area contributed by atoms with Crippen LogP contribution in [0, 0.1) is 6.92 Å². The summed E-state index contributed by atoms with van der Waals surface area (Å²) >= 11 is 0. The number of para-hydroxylation sites is 3. The van der Waals surface area contributed by atoms with Gasteiger partial charge in [-0.05, 0) is 38.1 Å². The second kappa shape index (κ2) is 7.95. The number of amides is 1. The summed E-state index contributed by atoms with van der Waals surface area (Å²) in [6.07, 6.45) is -4.63. The van der Waals surface area contributed by atoms with E-state index in [1.165, 1.54) is 25.1 Å². The van der Waals surface area contributed by atoms with Crippen LogP contribution in [-0.4, -0.2) is 25.7 Å². The summed E-state index contributed by atoms with van der Waals surface area (Å²) < 4.78 is 41.3. The Morgan fingerprint density at radius 1 is 1.12 bits per heavy atom. The molecular weight excluding hydrogens is 423 g/mol. The number of fused-ring (bicyclic) bond motifs is 1. The van der Waals surface area contributed by atoms with E-state index in [4.69, 9.17) is 0 Å². The normalized spacial score (nSPS) is 12.7. The van der Waals surface area contributed by atoms with Crippen molar-refractivity contribution in [3.8, 4) is 5.69 Å². The summed E-state index contributed by atoms with van der Waals surface area (Å²) in [4.78, 5) is 32.7. The smallest absolute Gasteiger partial charge is 0.341 e. The van der Waals surface area contributed by atoms with E-state index in [2.05, 4.69) is 20.4 Å². The molecule has 7 nitrogen and oxygen atoms in total. The number of hydrogen-bond acceptors (Lipinski definition) is 4. The van der Waals surface area contributed by atoms with E-state index in [0.29, 0.717) is 11.3 Å². The maximum absolute atomic E-state index is 13.5. The van der Waals surface area contributed by atoms with Gasteiger partial charge in [0.05, 0.1) is 28.3 Å². The Kier molecular flexibility index (Phi) is 5.29. The van der Waals surface area contributed by atoms with Gasteiger partial charge >= 0.3 is 6.18 Å². The van der Waals surface area contributed by atoms with E-state index in [-0.39, 0.29) is 11.4 Å². The number of halogens is 3. The van der Waals surface area contributed by atoms with E-state index in [9.17, 15) is 22.8 Å². The van der Waals surface area contributed by atoms with E-state index >= 15 is 0 Å². The number of hydrogen-bond donors (Lipinski definition) is 2. The molecule has 164 valence electrons. The topological polar surface area (TPSA) is 92.7 Å². The first-order valence-corrected chi connectivity index (χ1v) is 9.68. The maximum atomic E-state index is 13.5. The lowest BCUT2D eigenvalue weighted by molar-refractivity contribution is -0.137. The standard InChI is InChI=1S/C22H18F3N5O2/c1-12-11-18(31)19(29-30(12)17-10-6-3-7-14(17)22(23,24)25)21(32)26-13(2)20-27-15-8-4-5-9-16(15)28-20/h3-11,13H,1-2H3,(H,26,32)(H,27,28). The first kappa shape index (κ1) is 21.3. The van der Waals surface area contributed by atoms with Gasteiger partial charge < -0.3 is 10.3 Å². The molecule has 0 aliphatic heterocycles. The Morgan fingerprint density at radius 2 is 1.81 bits per heavy atom. The molecule has 2 heterocycles. The van der Waals surface area contributed by atoms with Crippen LogP contribution >= 0.6 is 0 Å². The molecule has 2 N–H and O–H groups in total. The molecule has 4 rings (SSSR count). The van der Waals surface area contributed by atoms with Crippen LogP contribution in [-0.2, 0) is 6.18 Å². The lowest BCUT2D eigenvalue weighted by Gasteiger charge is -2.17. The molecule has 2 aromatic heterocycles. The second-order valence-electron chi connectivity index (χ2n) is 7.26. The molecule has 32 heavy (non-hydrogen) atoms. The summed E-state index contributed by atoms with van der Waals surface area (Å²) in [5, 5.41) is 6.59. The number of nitrogens with one attached hydrogen (secondary N) is 2. The summed E-state index contributed by atoms with van der Waals surface area (Å²) in [7, 11) is 0. The minimum absolute atomic E-state index is 0.161. The fourth-order valence-electron chi connectivity index (χ4n) is 3.36. The molecule has 4 aromatic rings. The molecule has 0 spiro atoms. The number of rotatable bonds is 4. The van der Waals surface area contributed by atoms with Crippen LogP contribution < -0.4 is 10.7 Å². The average molecular weight is 441 g/mol. The van der Waals surface area contributed by atoms with Crippen molar-refractivity contribution in [2.75, 3.05) is 0 Å². The third kappa shape index (κ3) is 3.98. The molecule has 10 heteroatoms. The van der Waals surface area contributed by atoms with Crippen LogP contribution in [0.1, 0.15) is 40.5 Å². The van der Waals surface area contributed by atoms with Crippen molar-refractivity contribution in [3.05, 3.63) is 87.6 Å². The van der Waals surface area contributed by atoms with Gasteiger partial charge in [0.2, 0.25) is 5.43 Å². The minimum atomic E-state index is -4.63. The SMILES string of the molecule is Cc1cc(=O)c(C(=O)NC(C)c2nc3ccccc3[nH]2)nn1-c1ccccc1C(F)(F)F. The van der Waals surface area contributed by atoms with Crippen molar-refractivity contribution < 1.29 is 18.0 Å². The van der Waals surface area contributed by atoms with Crippen molar-refractivity contribution in [1.82, 2.24) is 25.1 Å². The highest BCUT2D eigenvalue weighted by Gasteiger charge is 2.34. The number of benzene rings is 2. The zero-order valence-electron chi connectivity index (χ0n) is 17.1. The number of aromatic nitrogens is 4. The van der Waals surface area contributed by atoms with E-state index in [1.807, 2.05) is 24.3 Å². The molecule has 1 amide bonds. The first-order chi connectivity index (χ1) is 15.1. The second-order valence-corrected chi connectivity index (χ2v) is 7.26. The molecule has 0 aliphatic rings. The molecule has 0 bridgehead atoms. The van der Waals surface area contributed by atoms with Gasteiger partial charge in [-0.2, -0.15) is 18.3 Å². The Morgan fingerprint density at radius 3 is 2.53 bits per heavy atom. The quantitative estimate of drug-likeness (QED) is 0.502. The third-order valence-electron chi connectivity index (χ3n) is 4.93. The molecule has 0 saturated carbocycles. The van der Waals surface area contributed by atoms with Crippen LogP contribution in [0.2, 0.25) is 0 Å². The van der Waals surface area contributed by atoms with Gasteiger partial charge in [0.25, 0.3) is 5.91 Å². The van der Waals surface area contributed by atoms with Crippen LogP contribution in [0.5, 0.6) is 0 Å². The minimum Gasteiger partial charge on any atom is -0.341 e. The first-order valence-electron chi connectivity index (χ1n) is 9.68. The third-order valence-corrected chi connectivity index (χ3v) is 4.93. The Hall–Kier alpha value is -3.95. The predicted molar refractivity (Wildman–Crippen MR) is 112 cm³/mol. The van der Waals surface area contributed by atoms with Crippen molar-refractivity contribution in [3.63, 3.8) is 0 Å². The molecule has 0 radical (unpaired) electrons. The number of carbonyl (C=O) groups excluding carboxylic acids is 1. The zero-order valence-corrected chi connectivity index (χ0v) is 17.1. The highest BCUT2D eigenvalue weighted by atomic mass is 19.4. The van der Waals surface area contributed by atoms with Crippen LogP contribution in [0.25, 0.3) is 16.7 Å². The number of alkyl halides is 3. The molecule has 0 aliphatic carbocycles. The van der Waals surface area contributed by atoms with E-state index < -0.39 is 34.8 Å². The summed E-state index contributed by atoms with van der Waals surface area (Å²) in [6, 6.07) is 12.6. The lowest BCUT2D eigenvalue weighted by Crippen LogP contribution is -2.34. The van der Waals surface area contributed by atoms with Crippen LogP contribution in [0.4, 0.5) is 13.2 Å². The van der Waals surface area contributed by atoms with Gasteiger partial charge in [0, 0.05) is 11.8 Å². The van der Waals surface area contributed by atoms with Gasteiger partial charge in [-0.3, -0.25) is 9.59 Å². The van der Waals surface area contributed by atoms with Crippen molar-refractivity contribution in [2.45, 2.75) is 26.1 Å². The molecule has 2 aromatic carbocycles. The summed E-state index contributed by atoms with van der Waals surface area (Å²) in [5.74, 6) is -0.351. The molecule has 0 fully saturated rings. The van der Waals surface area contributed by atoms with Gasteiger partial charge in [0.1, 0.15) is 5.82 Å². The highest BCUT2D eigenvalue weighted by molar-refractivity contribution is 5.92. The monoisotopic (exact) mass is 441 g/mol. The summed E-state index contributed by atoms with van der Waals surface area (Å²) in [6.45, 7) is 3.11. The van der Waals surface area contributed by atoms with Crippen molar-refractivity contribution >= 4 is 16.9 Å². The van der Waals surface area contributed by atoms with Gasteiger partial charge in [-0.1, -0.05) is 24.3 Å². The fraction of sp³-hybridized carbons (Fsp3) is 0.182. The van der Waals surface area contributed by atoms with Crippen molar-refractivity contribution in [2.24, 2.45) is 0 Å². The number of aromatic amines is 1. The Balaban J connectivity index is 1.69. The fourth-order valence-corrected chi connectivity index (χ4v) is 3.36. The lowest BCUT2D eigenvalue weighted by atomic mass is 10.1. The number of H-pyrrole nitrogens is 1. The van der Waals surface area contributed by atoms with Crippen LogP contribution in [0.3, 0.4) is 0 Å². The highest BCUT2D eigenvalue weighted by Crippen LogP contribution is 2.33. The Labute approximate surface area is 179 Å². The number of carbonyl (C=O) groups is 1. The van der Waals surface area contributed by atoms with Gasteiger partial charge in [-0.25, -0.2) is 9.67 Å². The Bertz CT molecular complexity index is 1340. The van der Waals surface area contributed by atoms with Crippen molar-refractivity contribution in [1.29, 1.82) is 0 Å². The molecular formula is C22H18F3N5O2. The zero-order chi connectivity index (χ0) is 23.0. The number of imidazole rings is 1. The maximum Gasteiger partial charge on any atom is 0.418 e. The molecule has 0 saturated heterocycles. The number of aryl methyl sites for hydroxylation is 1. The predicted octanol–water partition coefficient (Wildman–Crippen LogP) is 3.93. The van der Waals surface area contributed by atoms with Gasteiger partial charge in [0.15, 0.2) is 5.69 Å². The van der Waals surface area contributed by atoms with E-state index in [1.54, 1.807) is 6.92 Å². The molecule has 1 unspecified atom stereocenters. The summed E-state index contributed by atoms with van der Waals surface area (Å²) in [5.41, 5.74) is -0.772. The largest absolute Gasteiger partial charge is 0.418 e. The van der Waals surface area contributed by atoms with Crippen LogP contribution in [0.15, 0.2) is 59.4 Å². The van der Waals surface area contributed by atoms with Gasteiger partial charge in [-0.15, -0.1) is 0 Å². The number of nitrogens with zero attached hydrogens (tertiary/aromatic N) is 3. The van der Waals surface area contributed by atoms with E-state index in [0.717, 1.165) is 22.3 Å². The average Bonchev–Trinajstić information content (AvgIpc) is 3.17.